The van der Waals surface area contributed by atoms with E-state index in [1.165, 1.54) is 22.2 Å². The Hall–Kier alpha value is -3.08. The van der Waals surface area contributed by atoms with Crippen LogP contribution in [-0.4, -0.2) is 16.7 Å². The summed E-state index contributed by atoms with van der Waals surface area (Å²) in [5.41, 5.74) is 18.1. The molecule has 0 fully saturated rings. The van der Waals surface area contributed by atoms with Crippen LogP contribution >= 0.6 is 0 Å². The molecule has 1 heterocycles. The van der Waals surface area contributed by atoms with E-state index in [4.69, 9.17) is 11.5 Å². The highest BCUT2D eigenvalue weighted by Crippen LogP contribution is 2.37. The number of rotatable bonds is 3. The Balaban J connectivity index is 1.87. The second-order valence-electron chi connectivity index (χ2n) is 7.53. The highest BCUT2D eigenvalue weighted by Gasteiger charge is 2.28. The largest absolute Gasteiger partial charge is 0.369 e. The first-order valence-electron chi connectivity index (χ1n) is 9.38. The number of hydrogen-bond donors (Lipinski definition) is 3. The number of nitrogens with one attached hydrogen (secondary N) is 1. The van der Waals surface area contributed by atoms with Crippen LogP contribution in [0.2, 0.25) is 0 Å². The molecule has 1 aliphatic rings. The zero-order chi connectivity index (χ0) is 19.0. The number of aromatic amines is 1. The van der Waals surface area contributed by atoms with Crippen molar-refractivity contribution >= 4 is 22.6 Å². The minimum absolute atomic E-state index is 0.0198. The van der Waals surface area contributed by atoms with Gasteiger partial charge in [0.05, 0.1) is 5.71 Å². The van der Waals surface area contributed by atoms with E-state index in [0.29, 0.717) is 11.8 Å². The second kappa shape index (κ2) is 6.91. The Labute approximate surface area is 159 Å². The lowest BCUT2D eigenvalue weighted by molar-refractivity contribution is 0.685. The van der Waals surface area contributed by atoms with Crippen LogP contribution in [0.5, 0.6) is 0 Å². The predicted octanol–water partition coefficient (Wildman–Crippen LogP) is 4.00. The van der Waals surface area contributed by atoms with Gasteiger partial charge < -0.3 is 16.5 Å². The van der Waals surface area contributed by atoms with Gasteiger partial charge in [-0.1, -0.05) is 50.2 Å². The van der Waals surface area contributed by atoms with Crippen LogP contribution in [0.15, 0.2) is 58.7 Å². The van der Waals surface area contributed by atoms with Gasteiger partial charge in [-0.05, 0) is 47.9 Å². The first-order chi connectivity index (χ1) is 13.0. The van der Waals surface area contributed by atoms with Crippen molar-refractivity contribution in [2.75, 3.05) is 0 Å². The third kappa shape index (κ3) is 3.33. The van der Waals surface area contributed by atoms with Crippen LogP contribution in [-0.2, 0) is 6.42 Å². The van der Waals surface area contributed by atoms with Crippen molar-refractivity contribution < 1.29 is 0 Å². The van der Waals surface area contributed by atoms with Crippen molar-refractivity contribution in [3.05, 3.63) is 70.9 Å². The van der Waals surface area contributed by atoms with Crippen LogP contribution in [0.25, 0.3) is 10.9 Å². The Kier molecular flexibility index (Phi) is 4.44. The average molecular weight is 359 g/mol. The number of guanidine groups is 1. The molecule has 5 heteroatoms. The molecular formula is C22H25N5. The van der Waals surface area contributed by atoms with E-state index < -0.39 is 0 Å². The summed E-state index contributed by atoms with van der Waals surface area (Å²) >= 11 is 0. The molecule has 1 unspecified atom stereocenters. The fraction of sp³-hybridized carbons (Fsp3) is 0.273. The fourth-order valence-electron chi connectivity index (χ4n) is 3.93. The molecule has 0 aliphatic heterocycles. The normalized spacial score (nSPS) is 18.0. The van der Waals surface area contributed by atoms with Gasteiger partial charge in [0.1, 0.15) is 0 Å². The number of fused-ring (bicyclic) bond motifs is 3. The third-order valence-electron chi connectivity index (χ3n) is 5.30. The number of aromatic nitrogens is 1. The second-order valence-corrected chi connectivity index (χ2v) is 7.53. The van der Waals surface area contributed by atoms with Gasteiger partial charge in [0.2, 0.25) is 5.96 Å². The highest BCUT2D eigenvalue weighted by atomic mass is 15.3. The van der Waals surface area contributed by atoms with E-state index in [1.54, 1.807) is 0 Å². The van der Waals surface area contributed by atoms with E-state index in [-0.39, 0.29) is 5.96 Å². The van der Waals surface area contributed by atoms with E-state index >= 15 is 0 Å². The summed E-state index contributed by atoms with van der Waals surface area (Å²) < 4.78 is 0. The van der Waals surface area contributed by atoms with Gasteiger partial charge in [-0.2, -0.15) is 5.10 Å². The summed E-state index contributed by atoms with van der Waals surface area (Å²) in [4.78, 5) is 3.61. The van der Waals surface area contributed by atoms with E-state index in [9.17, 15) is 0 Å². The first kappa shape index (κ1) is 17.3. The quantitative estimate of drug-likeness (QED) is 0.375. The smallest absolute Gasteiger partial charge is 0.211 e. The topological polar surface area (TPSA) is 92.5 Å². The van der Waals surface area contributed by atoms with E-state index in [2.05, 4.69) is 71.5 Å². The van der Waals surface area contributed by atoms with Crippen molar-refractivity contribution in [2.45, 2.75) is 38.5 Å². The summed E-state index contributed by atoms with van der Waals surface area (Å²) in [6.07, 6.45) is 1.76. The third-order valence-corrected chi connectivity index (χ3v) is 5.30. The highest BCUT2D eigenvalue weighted by molar-refractivity contribution is 6.13. The molecule has 27 heavy (non-hydrogen) atoms. The molecule has 1 aromatic heterocycles. The molecule has 4 rings (SSSR count). The summed E-state index contributed by atoms with van der Waals surface area (Å²) in [6.45, 7) is 4.42. The zero-order valence-corrected chi connectivity index (χ0v) is 15.7. The molecule has 138 valence electrons. The van der Waals surface area contributed by atoms with Crippen molar-refractivity contribution in [1.29, 1.82) is 0 Å². The standard InChI is InChI=1S/C22H25N5/c1-13(2)15-8-9-18-17(10-15)21-19(25-18)11-16(14-6-4-3-5-7-14)12-20(21)26-27-22(23)24/h3-10,13,16,25H,11-12H2,1-2H3,(H4,23,24,27)/b26-20+. The molecule has 0 spiro atoms. The number of hydrogen-bond acceptors (Lipinski definition) is 2. The van der Waals surface area contributed by atoms with Crippen LogP contribution in [0.1, 0.15) is 54.5 Å². The summed E-state index contributed by atoms with van der Waals surface area (Å²) in [5.74, 6) is 0.802. The lowest BCUT2D eigenvalue weighted by Gasteiger charge is -2.24. The van der Waals surface area contributed by atoms with Crippen LogP contribution in [0.4, 0.5) is 0 Å². The van der Waals surface area contributed by atoms with E-state index in [0.717, 1.165) is 29.6 Å². The minimum atomic E-state index is -0.0198. The molecule has 0 amide bonds. The maximum Gasteiger partial charge on any atom is 0.211 e. The van der Waals surface area contributed by atoms with Gasteiger partial charge in [-0.15, -0.1) is 5.10 Å². The molecule has 5 N–H and O–H groups in total. The molecule has 0 saturated heterocycles. The van der Waals surface area contributed by atoms with Gasteiger partial charge in [-0.25, -0.2) is 0 Å². The Morgan fingerprint density at radius 1 is 1.07 bits per heavy atom. The maximum absolute atomic E-state index is 5.54. The molecule has 0 radical (unpaired) electrons. The van der Waals surface area contributed by atoms with Crippen molar-refractivity contribution in [3.63, 3.8) is 0 Å². The van der Waals surface area contributed by atoms with E-state index in [1.807, 2.05) is 6.07 Å². The molecule has 0 saturated carbocycles. The SMILES string of the molecule is CC(C)c1ccc2[nH]c3c(c2c1)/C(=N/N=C(N)N)CC(c1ccccc1)C3. The monoisotopic (exact) mass is 359 g/mol. The summed E-state index contributed by atoms with van der Waals surface area (Å²) in [6, 6.07) is 17.2. The molecule has 2 aromatic carbocycles. The minimum Gasteiger partial charge on any atom is -0.369 e. The fourth-order valence-corrected chi connectivity index (χ4v) is 3.93. The van der Waals surface area contributed by atoms with Crippen LogP contribution < -0.4 is 11.5 Å². The van der Waals surface area contributed by atoms with Gasteiger partial charge in [0.15, 0.2) is 0 Å². The molecule has 0 bridgehead atoms. The Morgan fingerprint density at radius 2 is 1.85 bits per heavy atom. The zero-order valence-electron chi connectivity index (χ0n) is 15.7. The predicted molar refractivity (Wildman–Crippen MR) is 112 cm³/mol. The molecule has 1 aliphatic carbocycles. The average Bonchev–Trinajstić information content (AvgIpc) is 3.04. The number of H-pyrrole nitrogens is 1. The maximum atomic E-state index is 5.54. The molecular weight excluding hydrogens is 334 g/mol. The lowest BCUT2D eigenvalue weighted by Crippen LogP contribution is -2.23. The number of benzene rings is 2. The van der Waals surface area contributed by atoms with Crippen molar-refractivity contribution in [3.8, 4) is 0 Å². The lowest BCUT2D eigenvalue weighted by atomic mass is 9.81. The van der Waals surface area contributed by atoms with Crippen LogP contribution in [0, 0.1) is 0 Å². The molecule has 5 nitrogen and oxygen atoms in total. The number of nitrogens with zero attached hydrogens (tertiary/aromatic N) is 2. The van der Waals surface area contributed by atoms with Crippen LogP contribution in [0.3, 0.4) is 0 Å². The van der Waals surface area contributed by atoms with Gasteiger partial charge in [0.25, 0.3) is 0 Å². The molecule has 1 atom stereocenters. The Morgan fingerprint density at radius 3 is 2.56 bits per heavy atom. The summed E-state index contributed by atoms with van der Waals surface area (Å²) in [7, 11) is 0. The van der Waals surface area contributed by atoms with Gasteiger partial charge >= 0.3 is 0 Å². The van der Waals surface area contributed by atoms with Crippen molar-refractivity contribution in [2.24, 2.45) is 21.7 Å². The van der Waals surface area contributed by atoms with Crippen molar-refractivity contribution in [1.82, 2.24) is 4.98 Å². The summed E-state index contributed by atoms with van der Waals surface area (Å²) in [5, 5.41) is 9.60. The van der Waals surface area contributed by atoms with Gasteiger partial charge in [0, 0.05) is 22.2 Å². The van der Waals surface area contributed by atoms with Gasteiger partial charge in [-0.3, -0.25) is 0 Å². The first-order valence-corrected chi connectivity index (χ1v) is 9.38. The Bertz CT molecular complexity index is 1020. The molecule has 3 aromatic rings. The number of nitrogens with two attached hydrogens (primary N) is 2.